The maximum Gasteiger partial charge on any atom is 0.285 e. The van der Waals surface area contributed by atoms with E-state index in [2.05, 4.69) is 10.4 Å². The number of benzene rings is 1. The molecule has 112 valence electrons. The van der Waals surface area contributed by atoms with E-state index >= 15 is 0 Å². The minimum atomic E-state index is -0.263. The van der Waals surface area contributed by atoms with Gasteiger partial charge in [0, 0.05) is 17.0 Å². The Hall–Kier alpha value is -2.18. The third-order valence-corrected chi connectivity index (χ3v) is 4.33. The van der Waals surface area contributed by atoms with Gasteiger partial charge in [0.05, 0.1) is 6.20 Å². The van der Waals surface area contributed by atoms with Gasteiger partial charge in [-0.3, -0.25) is 9.59 Å². The molecule has 3 aromatic rings. The fourth-order valence-corrected chi connectivity index (χ4v) is 2.94. The molecule has 0 unspecified atom stereocenters. The molecular weight excluding hydrogens is 322 g/mol. The van der Waals surface area contributed by atoms with E-state index in [-0.39, 0.29) is 18.0 Å². The summed E-state index contributed by atoms with van der Waals surface area (Å²) in [5.41, 5.74) is 0.695. The van der Waals surface area contributed by atoms with Crippen LogP contribution in [0.25, 0.3) is 10.1 Å². The summed E-state index contributed by atoms with van der Waals surface area (Å²) in [5, 5.41) is 10.1. The molecule has 0 saturated carbocycles. The number of rotatable bonds is 4. The van der Waals surface area contributed by atoms with Crippen molar-refractivity contribution < 1.29 is 4.79 Å². The number of amides is 1. The first-order chi connectivity index (χ1) is 10.6. The Morgan fingerprint density at radius 1 is 1.27 bits per heavy atom. The topological polar surface area (TPSA) is 64.0 Å². The predicted octanol–water partition coefficient (Wildman–Crippen LogP) is 2.43. The van der Waals surface area contributed by atoms with Crippen LogP contribution in [0, 0.1) is 0 Å². The van der Waals surface area contributed by atoms with Crippen LogP contribution in [-0.2, 0) is 17.9 Å². The van der Waals surface area contributed by atoms with Crippen molar-refractivity contribution in [1.29, 1.82) is 0 Å². The molecule has 0 aliphatic rings. The van der Waals surface area contributed by atoms with Crippen molar-refractivity contribution in [2.24, 2.45) is 0 Å². The van der Waals surface area contributed by atoms with Crippen molar-refractivity contribution in [3.8, 4) is 0 Å². The molecule has 22 heavy (non-hydrogen) atoms. The van der Waals surface area contributed by atoms with E-state index in [0.717, 1.165) is 10.9 Å². The zero-order valence-corrected chi connectivity index (χ0v) is 13.0. The lowest BCUT2D eigenvalue weighted by atomic mass is 10.2. The van der Waals surface area contributed by atoms with Crippen LogP contribution in [-0.4, -0.2) is 15.7 Å². The molecular formula is C15H12ClN3O2S. The lowest BCUT2D eigenvalue weighted by Gasteiger charge is -2.07. The zero-order chi connectivity index (χ0) is 15.5. The second kappa shape index (κ2) is 6.29. The van der Waals surface area contributed by atoms with Gasteiger partial charge in [0.1, 0.15) is 11.2 Å². The predicted molar refractivity (Wildman–Crippen MR) is 87.2 cm³/mol. The van der Waals surface area contributed by atoms with Crippen molar-refractivity contribution in [3.05, 3.63) is 62.8 Å². The smallest absolute Gasteiger partial charge is 0.285 e. The quantitative estimate of drug-likeness (QED) is 0.797. The van der Waals surface area contributed by atoms with Crippen molar-refractivity contribution in [3.63, 3.8) is 0 Å². The fourth-order valence-electron chi connectivity index (χ4n) is 2.00. The number of aromatic nitrogens is 2. The Bertz CT molecular complexity index is 870. The lowest BCUT2D eigenvalue weighted by Crippen LogP contribution is -2.33. The minimum Gasteiger partial charge on any atom is -0.350 e. The minimum absolute atomic E-state index is 0.0970. The summed E-state index contributed by atoms with van der Waals surface area (Å²) < 4.78 is 1.79. The number of carbonyl (C=O) groups is 1. The Balaban J connectivity index is 1.66. The molecule has 7 heteroatoms. The number of hydrogen-bond acceptors (Lipinski definition) is 4. The van der Waals surface area contributed by atoms with Gasteiger partial charge < -0.3 is 5.32 Å². The number of nitrogens with zero attached hydrogens (tertiary/aromatic N) is 2. The highest BCUT2D eigenvalue weighted by molar-refractivity contribution is 7.17. The van der Waals surface area contributed by atoms with Gasteiger partial charge in [-0.15, -0.1) is 11.3 Å². The molecule has 0 aliphatic carbocycles. The average molecular weight is 334 g/mol. The molecule has 0 saturated heterocycles. The van der Waals surface area contributed by atoms with Crippen LogP contribution in [0.5, 0.6) is 0 Å². The maximum atomic E-state index is 12.2. The van der Waals surface area contributed by atoms with E-state index in [1.807, 2.05) is 23.6 Å². The first-order valence-corrected chi connectivity index (χ1v) is 7.84. The van der Waals surface area contributed by atoms with E-state index in [1.54, 1.807) is 18.3 Å². The molecule has 1 N–H and O–H groups in total. The Kier molecular flexibility index (Phi) is 4.22. The Morgan fingerprint density at radius 2 is 2.05 bits per heavy atom. The monoisotopic (exact) mass is 333 g/mol. The van der Waals surface area contributed by atoms with Crippen LogP contribution >= 0.6 is 22.9 Å². The number of nitrogens with one attached hydrogen (secondary N) is 1. The molecule has 0 fully saturated rings. The number of fused-ring (bicyclic) bond motifs is 1. The van der Waals surface area contributed by atoms with E-state index < -0.39 is 0 Å². The summed E-state index contributed by atoms with van der Waals surface area (Å²) in [6.45, 7) is 0.284. The van der Waals surface area contributed by atoms with Crippen LogP contribution in [0.2, 0.25) is 5.02 Å². The van der Waals surface area contributed by atoms with Gasteiger partial charge in [-0.1, -0.05) is 23.7 Å². The first-order valence-electron chi connectivity index (χ1n) is 6.58. The average Bonchev–Trinajstić information content (AvgIpc) is 2.99. The highest BCUT2D eigenvalue weighted by atomic mass is 35.5. The van der Waals surface area contributed by atoms with E-state index in [0.29, 0.717) is 16.3 Å². The van der Waals surface area contributed by atoms with Crippen LogP contribution in [0.3, 0.4) is 0 Å². The second-order valence-electron chi connectivity index (χ2n) is 4.72. The molecule has 3 rings (SSSR count). The summed E-state index contributed by atoms with van der Waals surface area (Å²) >= 11 is 7.15. The summed E-state index contributed by atoms with van der Waals surface area (Å²) in [6, 6.07) is 9.04. The SMILES string of the molecule is O=C(Cn1ncc2ccsc2c1=O)NCc1ccc(Cl)cc1. The van der Waals surface area contributed by atoms with Gasteiger partial charge >= 0.3 is 0 Å². The Labute approximate surface area is 135 Å². The van der Waals surface area contributed by atoms with Gasteiger partial charge in [0.2, 0.25) is 5.91 Å². The first kappa shape index (κ1) is 14.7. The molecule has 0 bridgehead atoms. The van der Waals surface area contributed by atoms with Gasteiger partial charge in [-0.25, -0.2) is 4.68 Å². The van der Waals surface area contributed by atoms with Crippen molar-refractivity contribution >= 4 is 38.9 Å². The maximum absolute atomic E-state index is 12.2. The lowest BCUT2D eigenvalue weighted by molar-refractivity contribution is -0.122. The molecule has 1 aromatic carbocycles. The molecule has 2 aromatic heterocycles. The summed E-state index contributed by atoms with van der Waals surface area (Å²) in [4.78, 5) is 24.1. The fraction of sp³-hybridized carbons (Fsp3) is 0.133. The third-order valence-electron chi connectivity index (χ3n) is 3.16. The van der Waals surface area contributed by atoms with Gasteiger partial charge in [0.15, 0.2) is 0 Å². The van der Waals surface area contributed by atoms with Crippen LogP contribution < -0.4 is 10.9 Å². The standard InChI is InChI=1S/C15H12ClN3O2S/c16-12-3-1-10(2-4-12)7-17-13(20)9-19-15(21)14-11(8-18-19)5-6-22-14/h1-6,8H,7,9H2,(H,17,20). The summed E-state index contributed by atoms with van der Waals surface area (Å²) in [5.74, 6) is -0.263. The van der Waals surface area contributed by atoms with Gasteiger partial charge in [-0.05, 0) is 29.1 Å². The molecule has 2 heterocycles. The van der Waals surface area contributed by atoms with Crippen LogP contribution in [0.4, 0.5) is 0 Å². The number of carbonyl (C=O) groups excluding carboxylic acids is 1. The van der Waals surface area contributed by atoms with Crippen molar-refractivity contribution in [2.45, 2.75) is 13.1 Å². The van der Waals surface area contributed by atoms with Gasteiger partial charge in [-0.2, -0.15) is 5.10 Å². The second-order valence-corrected chi connectivity index (χ2v) is 6.07. The van der Waals surface area contributed by atoms with Crippen molar-refractivity contribution in [1.82, 2.24) is 15.1 Å². The Morgan fingerprint density at radius 3 is 2.82 bits per heavy atom. The zero-order valence-electron chi connectivity index (χ0n) is 11.5. The largest absolute Gasteiger partial charge is 0.350 e. The molecule has 1 amide bonds. The van der Waals surface area contributed by atoms with E-state index in [1.165, 1.54) is 16.0 Å². The summed E-state index contributed by atoms with van der Waals surface area (Å²) in [6.07, 6.45) is 1.60. The molecule has 0 spiro atoms. The van der Waals surface area contributed by atoms with E-state index in [4.69, 9.17) is 11.6 Å². The highest BCUT2D eigenvalue weighted by Gasteiger charge is 2.09. The normalized spacial score (nSPS) is 10.8. The summed E-state index contributed by atoms with van der Waals surface area (Å²) in [7, 11) is 0. The van der Waals surface area contributed by atoms with Crippen LogP contribution in [0.1, 0.15) is 5.56 Å². The molecule has 0 radical (unpaired) electrons. The number of hydrogen-bond donors (Lipinski definition) is 1. The van der Waals surface area contributed by atoms with Gasteiger partial charge in [0.25, 0.3) is 5.56 Å². The highest BCUT2D eigenvalue weighted by Crippen LogP contribution is 2.14. The molecule has 5 nitrogen and oxygen atoms in total. The number of halogens is 1. The third kappa shape index (κ3) is 3.18. The molecule has 0 aliphatic heterocycles. The van der Waals surface area contributed by atoms with Crippen LogP contribution in [0.15, 0.2) is 46.7 Å². The van der Waals surface area contributed by atoms with Crippen molar-refractivity contribution in [2.75, 3.05) is 0 Å². The molecule has 0 atom stereocenters. The van der Waals surface area contributed by atoms with E-state index in [9.17, 15) is 9.59 Å². The number of thiophene rings is 1.